The standard InChI is InChI=1S/C8H13NO2.C7H10O2/c1-3-7(10)8(2)6-9-4-5-11-8;1-3-5-6-9-7(8)4-2/h3,9H,1,4-6H2,2H3;3-5H,2,6H2,1H3. The lowest BCUT2D eigenvalue weighted by Crippen LogP contribution is -2.52. The largest absolute Gasteiger partial charge is 0.458 e. The van der Waals surface area contributed by atoms with E-state index in [1.54, 1.807) is 13.0 Å². The summed E-state index contributed by atoms with van der Waals surface area (Å²) >= 11 is 0. The first-order valence-corrected chi connectivity index (χ1v) is 6.42. The van der Waals surface area contributed by atoms with Gasteiger partial charge in [0.15, 0.2) is 5.78 Å². The summed E-state index contributed by atoms with van der Waals surface area (Å²) in [6.07, 6.45) is 6.02. The van der Waals surface area contributed by atoms with E-state index in [9.17, 15) is 9.59 Å². The van der Waals surface area contributed by atoms with Crippen LogP contribution in [0.2, 0.25) is 0 Å². The smallest absolute Gasteiger partial charge is 0.330 e. The molecule has 0 amide bonds. The molecule has 0 bridgehead atoms. The number of rotatable bonds is 5. The van der Waals surface area contributed by atoms with Crippen LogP contribution < -0.4 is 5.32 Å². The molecule has 0 aliphatic carbocycles. The highest BCUT2D eigenvalue weighted by Gasteiger charge is 2.33. The Kier molecular flexibility index (Phi) is 9.24. The minimum absolute atomic E-state index is 0.0512. The van der Waals surface area contributed by atoms with Crippen LogP contribution in [0, 0.1) is 0 Å². The fraction of sp³-hybridized carbons (Fsp3) is 0.467. The van der Waals surface area contributed by atoms with Gasteiger partial charge in [-0.05, 0) is 19.9 Å². The van der Waals surface area contributed by atoms with E-state index in [1.165, 1.54) is 6.08 Å². The molecule has 5 nitrogen and oxygen atoms in total. The first kappa shape index (κ1) is 18.3. The number of morpholine rings is 1. The highest BCUT2D eigenvalue weighted by atomic mass is 16.5. The Balaban J connectivity index is 0.000000370. The maximum Gasteiger partial charge on any atom is 0.330 e. The number of hydrogen-bond donors (Lipinski definition) is 1. The topological polar surface area (TPSA) is 64.6 Å². The van der Waals surface area contributed by atoms with Gasteiger partial charge in [-0.1, -0.05) is 25.3 Å². The van der Waals surface area contributed by atoms with Crippen molar-refractivity contribution in [3.05, 3.63) is 37.5 Å². The van der Waals surface area contributed by atoms with Crippen molar-refractivity contribution in [3.63, 3.8) is 0 Å². The predicted molar refractivity (Wildman–Crippen MR) is 78.4 cm³/mol. The highest BCUT2D eigenvalue weighted by molar-refractivity contribution is 5.96. The second kappa shape index (κ2) is 10.1. The van der Waals surface area contributed by atoms with E-state index in [0.29, 0.717) is 19.8 Å². The molecule has 1 saturated heterocycles. The second-order valence-electron chi connectivity index (χ2n) is 4.23. The van der Waals surface area contributed by atoms with Crippen molar-refractivity contribution in [3.8, 4) is 0 Å². The van der Waals surface area contributed by atoms with Crippen LogP contribution in [0.5, 0.6) is 0 Å². The van der Waals surface area contributed by atoms with Crippen molar-refractivity contribution in [1.29, 1.82) is 0 Å². The zero-order chi connectivity index (χ0) is 15.4. The van der Waals surface area contributed by atoms with Gasteiger partial charge >= 0.3 is 5.97 Å². The third kappa shape index (κ3) is 7.01. The number of nitrogens with one attached hydrogen (secondary N) is 1. The molecule has 1 unspecified atom stereocenters. The van der Waals surface area contributed by atoms with Gasteiger partial charge < -0.3 is 14.8 Å². The summed E-state index contributed by atoms with van der Waals surface area (Å²) in [5, 5.41) is 3.10. The fourth-order valence-electron chi connectivity index (χ4n) is 1.39. The highest BCUT2D eigenvalue weighted by Crippen LogP contribution is 2.13. The molecule has 0 saturated carbocycles. The fourth-order valence-corrected chi connectivity index (χ4v) is 1.39. The quantitative estimate of drug-likeness (QED) is 0.469. The maximum absolute atomic E-state index is 11.2. The molecule has 0 radical (unpaired) electrons. The van der Waals surface area contributed by atoms with Gasteiger partial charge in [0.2, 0.25) is 0 Å². The van der Waals surface area contributed by atoms with Crippen molar-refractivity contribution in [2.24, 2.45) is 0 Å². The van der Waals surface area contributed by atoms with Crippen molar-refractivity contribution in [2.75, 3.05) is 26.3 Å². The first-order valence-electron chi connectivity index (χ1n) is 6.42. The molecule has 112 valence electrons. The second-order valence-corrected chi connectivity index (χ2v) is 4.23. The summed E-state index contributed by atoms with van der Waals surface area (Å²) in [4.78, 5) is 21.5. The van der Waals surface area contributed by atoms with Crippen LogP contribution in [0.15, 0.2) is 37.5 Å². The molecule has 1 aliphatic heterocycles. The Labute approximate surface area is 120 Å². The van der Waals surface area contributed by atoms with E-state index in [0.717, 1.165) is 12.6 Å². The normalized spacial score (nSPS) is 21.5. The van der Waals surface area contributed by atoms with Gasteiger partial charge in [-0.25, -0.2) is 4.79 Å². The van der Waals surface area contributed by atoms with Gasteiger partial charge in [0.25, 0.3) is 0 Å². The number of allylic oxidation sites excluding steroid dienone is 1. The summed E-state index contributed by atoms with van der Waals surface area (Å²) in [6.45, 7) is 12.6. The van der Waals surface area contributed by atoms with Gasteiger partial charge in [0.1, 0.15) is 12.2 Å². The lowest BCUT2D eigenvalue weighted by Gasteiger charge is -2.31. The summed E-state index contributed by atoms with van der Waals surface area (Å²) < 4.78 is 9.92. The van der Waals surface area contributed by atoms with Gasteiger partial charge in [-0.3, -0.25) is 4.79 Å². The van der Waals surface area contributed by atoms with Crippen LogP contribution in [0.4, 0.5) is 0 Å². The molecule has 1 N–H and O–H groups in total. The Hall–Kier alpha value is -1.72. The molecule has 5 heteroatoms. The summed E-state index contributed by atoms with van der Waals surface area (Å²) in [5.74, 6) is -0.433. The number of carbonyl (C=O) groups excluding carboxylic acids is 2. The van der Waals surface area contributed by atoms with E-state index in [4.69, 9.17) is 4.74 Å². The van der Waals surface area contributed by atoms with E-state index < -0.39 is 5.60 Å². The monoisotopic (exact) mass is 281 g/mol. The minimum atomic E-state index is -0.681. The molecule has 1 atom stereocenters. The van der Waals surface area contributed by atoms with E-state index in [-0.39, 0.29) is 11.8 Å². The maximum atomic E-state index is 11.2. The minimum Gasteiger partial charge on any atom is -0.458 e. The van der Waals surface area contributed by atoms with Crippen LogP contribution in [0.25, 0.3) is 0 Å². The lowest BCUT2D eigenvalue weighted by molar-refractivity contribution is -0.140. The average molecular weight is 281 g/mol. The molecule has 0 aromatic rings. The molecule has 20 heavy (non-hydrogen) atoms. The number of carbonyl (C=O) groups is 2. The Morgan fingerprint density at radius 2 is 2.10 bits per heavy atom. The molecule has 1 aliphatic rings. The number of hydrogen-bond acceptors (Lipinski definition) is 5. The third-order valence-electron chi connectivity index (χ3n) is 2.59. The summed E-state index contributed by atoms with van der Waals surface area (Å²) in [6, 6.07) is 0. The molecule has 1 heterocycles. The Morgan fingerprint density at radius 1 is 1.40 bits per heavy atom. The predicted octanol–water partition coefficient (Wildman–Crippen LogP) is 1.41. The van der Waals surface area contributed by atoms with Crippen LogP contribution in [-0.2, 0) is 19.1 Å². The molecular weight excluding hydrogens is 258 g/mol. The van der Waals surface area contributed by atoms with Gasteiger partial charge in [-0.2, -0.15) is 0 Å². The number of ketones is 1. The van der Waals surface area contributed by atoms with Crippen LogP contribution in [0.1, 0.15) is 13.8 Å². The lowest BCUT2D eigenvalue weighted by atomic mass is 9.99. The number of ether oxygens (including phenoxy) is 2. The third-order valence-corrected chi connectivity index (χ3v) is 2.59. The van der Waals surface area contributed by atoms with E-state index in [2.05, 4.69) is 23.2 Å². The molecular formula is C15H23NO4. The molecule has 1 fully saturated rings. The summed E-state index contributed by atoms with van der Waals surface area (Å²) in [7, 11) is 0. The molecule has 0 aromatic carbocycles. The van der Waals surface area contributed by atoms with Crippen molar-refractivity contribution < 1.29 is 19.1 Å². The van der Waals surface area contributed by atoms with Gasteiger partial charge in [0.05, 0.1) is 6.61 Å². The zero-order valence-electron chi connectivity index (χ0n) is 12.2. The van der Waals surface area contributed by atoms with Crippen LogP contribution in [0.3, 0.4) is 0 Å². The zero-order valence-corrected chi connectivity index (χ0v) is 12.2. The van der Waals surface area contributed by atoms with Crippen molar-refractivity contribution >= 4 is 11.8 Å². The SMILES string of the molecule is C=CC(=O)C1(C)CNCCO1.C=CC(=O)OCC=CC. The van der Waals surface area contributed by atoms with Crippen LogP contribution in [-0.4, -0.2) is 43.7 Å². The summed E-state index contributed by atoms with van der Waals surface area (Å²) in [5.41, 5.74) is -0.681. The first-order chi connectivity index (χ1) is 9.50. The Bertz CT molecular complexity index is 368. The van der Waals surface area contributed by atoms with Gasteiger partial charge in [-0.15, -0.1) is 0 Å². The molecule has 0 aromatic heterocycles. The van der Waals surface area contributed by atoms with Gasteiger partial charge in [0, 0.05) is 19.2 Å². The average Bonchev–Trinajstić information content (AvgIpc) is 2.47. The van der Waals surface area contributed by atoms with Crippen molar-refractivity contribution in [2.45, 2.75) is 19.4 Å². The number of esters is 1. The van der Waals surface area contributed by atoms with Crippen molar-refractivity contribution in [1.82, 2.24) is 5.32 Å². The Morgan fingerprint density at radius 3 is 2.55 bits per heavy atom. The molecule has 1 rings (SSSR count). The van der Waals surface area contributed by atoms with E-state index >= 15 is 0 Å². The molecule has 0 spiro atoms. The van der Waals surface area contributed by atoms with Crippen LogP contribution >= 0.6 is 0 Å². The van der Waals surface area contributed by atoms with E-state index in [1.807, 2.05) is 13.0 Å².